The molecule has 0 unspecified atom stereocenters. The van der Waals surface area contributed by atoms with Gasteiger partial charge in [-0.1, -0.05) is 50.6 Å². The summed E-state index contributed by atoms with van der Waals surface area (Å²) in [6.07, 6.45) is 2.06. The number of aryl methyl sites for hydroxylation is 1. The Morgan fingerprint density at radius 3 is 2.30 bits per heavy atom. The van der Waals surface area contributed by atoms with Crippen molar-refractivity contribution in [2.75, 3.05) is 23.9 Å². The Labute approximate surface area is 180 Å². The first-order valence-corrected chi connectivity index (χ1v) is 12.1. The van der Waals surface area contributed by atoms with Gasteiger partial charge in [0, 0.05) is 13.1 Å². The van der Waals surface area contributed by atoms with Crippen molar-refractivity contribution >= 4 is 21.6 Å². The van der Waals surface area contributed by atoms with Crippen LogP contribution in [0.4, 0.5) is 5.69 Å². The highest BCUT2D eigenvalue weighted by Gasteiger charge is 2.30. The third kappa shape index (κ3) is 5.04. The van der Waals surface area contributed by atoms with Crippen molar-refractivity contribution in [3.8, 4) is 0 Å². The van der Waals surface area contributed by atoms with Crippen molar-refractivity contribution in [2.24, 2.45) is 5.92 Å². The number of hydrogen-bond acceptors (Lipinski definition) is 3. The zero-order chi connectivity index (χ0) is 21.9. The van der Waals surface area contributed by atoms with E-state index in [1.807, 2.05) is 19.1 Å². The number of rotatable bonds is 6. The minimum absolute atomic E-state index is 0.148. The van der Waals surface area contributed by atoms with Gasteiger partial charge in [0.05, 0.1) is 10.6 Å². The molecule has 1 saturated heterocycles. The monoisotopic (exact) mass is 428 g/mol. The molecule has 5 nitrogen and oxygen atoms in total. The molecule has 0 bridgehead atoms. The maximum atomic E-state index is 13.5. The molecular formula is C24H32N2O3S. The smallest absolute Gasteiger partial charge is 0.264 e. The van der Waals surface area contributed by atoms with Gasteiger partial charge < -0.3 is 4.90 Å². The summed E-state index contributed by atoms with van der Waals surface area (Å²) in [5, 5.41) is 0. The minimum atomic E-state index is -3.87. The summed E-state index contributed by atoms with van der Waals surface area (Å²) in [6, 6.07) is 14.2. The van der Waals surface area contributed by atoms with E-state index in [2.05, 4.69) is 20.8 Å². The second kappa shape index (κ2) is 9.21. The number of nitrogens with zero attached hydrogens (tertiary/aromatic N) is 2. The van der Waals surface area contributed by atoms with Crippen molar-refractivity contribution in [3.63, 3.8) is 0 Å². The largest absolute Gasteiger partial charge is 0.341 e. The van der Waals surface area contributed by atoms with E-state index in [1.54, 1.807) is 41.3 Å². The molecule has 0 spiro atoms. The van der Waals surface area contributed by atoms with E-state index in [-0.39, 0.29) is 17.3 Å². The van der Waals surface area contributed by atoms with Crippen LogP contribution in [0.5, 0.6) is 0 Å². The van der Waals surface area contributed by atoms with Gasteiger partial charge in [0.15, 0.2) is 0 Å². The first kappa shape index (κ1) is 22.3. The van der Waals surface area contributed by atoms with Crippen molar-refractivity contribution < 1.29 is 13.2 Å². The molecule has 6 heteroatoms. The van der Waals surface area contributed by atoms with Crippen molar-refractivity contribution in [2.45, 2.75) is 51.3 Å². The Kier molecular flexibility index (Phi) is 6.86. The Bertz CT molecular complexity index is 967. The highest BCUT2D eigenvalue weighted by atomic mass is 32.2. The predicted molar refractivity (Wildman–Crippen MR) is 121 cm³/mol. The normalized spacial score (nSPS) is 17.2. The van der Waals surface area contributed by atoms with Gasteiger partial charge in [-0.2, -0.15) is 0 Å². The standard InChI is InChI=1S/C24H32N2O3S/c1-18(2)21-9-11-22(12-10-21)26(17-24(27)25-15-5-6-20(4)16-25)30(28,29)23-13-7-19(3)8-14-23/h7-14,18,20H,5-6,15-17H2,1-4H3/t20-/m0/s1. The Morgan fingerprint density at radius 1 is 1.10 bits per heavy atom. The van der Waals surface area contributed by atoms with Gasteiger partial charge in [-0.15, -0.1) is 0 Å². The summed E-state index contributed by atoms with van der Waals surface area (Å²) >= 11 is 0. The zero-order valence-electron chi connectivity index (χ0n) is 18.3. The molecule has 2 aromatic rings. The lowest BCUT2D eigenvalue weighted by Crippen LogP contribution is -2.46. The van der Waals surface area contributed by atoms with E-state index in [1.165, 1.54) is 4.31 Å². The van der Waals surface area contributed by atoms with Crippen LogP contribution in [0.15, 0.2) is 53.4 Å². The van der Waals surface area contributed by atoms with E-state index >= 15 is 0 Å². The molecule has 1 amide bonds. The van der Waals surface area contributed by atoms with Gasteiger partial charge in [-0.25, -0.2) is 8.42 Å². The zero-order valence-corrected chi connectivity index (χ0v) is 19.2. The lowest BCUT2D eigenvalue weighted by atomic mass is 10.0. The fourth-order valence-electron chi connectivity index (χ4n) is 3.82. The lowest BCUT2D eigenvalue weighted by Gasteiger charge is -2.33. The summed E-state index contributed by atoms with van der Waals surface area (Å²) in [5.74, 6) is 0.637. The number of carbonyl (C=O) groups is 1. The van der Waals surface area contributed by atoms with Crippen LogP contribution in [0.2, 0.25) is 0 Å². The topological polar surface area (TPSA) is 57.7 Å². The number of likely N-dealkylation sites (tertiary alicyclic amines) is 1. The maximum absolute atomic E-state index is 13.5. The quantitative estimate of drug-likeness (QED) is 0.677. The first-order chi connectivity index (χ1) is 14.2. The van der Waals surface area contributed by atoms with Crippen LogP contribution in [0, 0.1) is 12.8 Å². The van der Waals surface area contributed by atoms with Crippen LogP contribution in [0.25, 0.3) is 0 Å². The summed E-state index contributed by atoms with van der Waals surface area (Å²) in [4.78, 5) is 15.0. The summed E-state index contributed by atoms with van der Waals surface area (Å²) in [6.45, 7) is 9.42. The van der Waals surface area contributed by atoms with Gasteiger partial charge in [0.25, 0.3) is 10.0 Å². The molecule has 0 aromatic heterocycles. The average molecular weight is 429 g/mol. The molecule has 30 heavy (non-hydrogen) atoms. The molecule has 1 fully saturated rings. The number of anilines is 1. The van der Waals surface area contributed by atoms with Crippen LogP contribution in [-0.4, -0.2) is 38.9 Å². The predicted octanol–water partition coefficient (Wildman–Crippen LogP) is 4.57. The summed E-state index contributed by atoms with van der Waals surface area (Å²) < 4.78 is 28.3. The van der Waals surface area contributed by atoms with Crippen molar-refractivity contribution in [1.29, 1.82) is 0 Å². The van der Waals surface area contributed by atoms with E-state index in [4.69, 9.17) is 0 Å². The average Bonchev–Trinajstić information content (AvgIpc) is 2.72. The number of piperidine rings is 1. The number of hydrogen-bond donors (Lipinski definition) is 0. The van der Waals surface area contributed by atoms with Gasteiger partial charge in [0.2, 0.25) is 5.91 Å². The van der Waals surface area contributed by atoms with E-state index in [9.17, 15) is 13.2 Å². The molecule has 1 aliphatic heterocycles. The van der Waals surface area contributed by atoms with Gasteiger partial charge in [-0.3, -0.25) is 9.10 Å². The Balaban J connectivity index is 1.95. The van der Waals surface area contributed by atoms with Crippen molar-refractivity contribution in [1.82, 2.24) is 4.90 Å². The van der Waals surface area contributed by atoms with Crippen LogP contribution in [0.1, 0.15) is 50.7 Å². The highest BCUT2D eigenvalue weighted by Crippen LogP contribution is 2.27. The molecule has 2 aromatic carbocycles. The van der Waals surface area contributed by atoms with Crippen LogP contribution in [-0.2, 0) is 14.8 Å². The molecule has 0 saturated carbocycles. The highest BCUT2D eigenvalue weighted by molar-refractivity contribution is 7.92. The number of sulfonamides is 1. The molecular weight excluding hydrogens is 396 g/mol. The Hall–Kier alpha value is -2.34. The molecule has 3 rings (SSSR count). The molecule has 162 valence electrons. The van der Waals surface area contributed by atoms with Crippen LogP contribution in [0.3, 0.4) is 0 Å². The summed E-state index contributed by atoms with van der Waals surface area (Å²) in [7, 11) is -3.87. The van der Waals surface area contributed by atoms with Gasteiger partial charge >= 0.3 is 0 Å². The SMILES string of the molecule is Cc1ccc(S(=O)(=O)N(CC(=O)N2CCC[C@H](C)C2)c2ccc(C(C)C)cc2)cc1. The molecule has 1 heterocycles. The van der Waals surface area contributed by atoms with Gasteiger partial charge in [0.1, 0.15) is 6.54 Å². The number of amides is 1. The van der Waals surface area contributed by atoms with Crippen molar-refractivity contribution in [3.05, 3.63) is 59.7 Å². The fraction of sp³-hybridized carbons (Fsp3) is 0.458. The molecule has 1 aliphatic rings. The molecule has 0 N–H and O–H groups in total. The molecule has 0 aliphatic carbocycles. The van der Waals surface area contributed by atoms with Crippen LogP contribution >= 0.6 is 0 Å². The fourth-order valence-corrected chi connectivity index (χ4v) is 5.23. The Morgan fingerprint density at radius 2 is 1.73 bits per heavy atom. The summed E-state index contributed by atoms with van der Waals surface area (Å²) in [5.41, 5.74) is 2.63. The maximum Gasteiger partial charge on any atom is 0.264 e. The number of benzene rings is 2. The second-order valence-electron chi connectivity index (χ2n) is 8.66. The number of carbonyl (C=O) groups excluding carboxylic acids is 1. The molecule has 1 atom stereocenters. The second-order valence-corrected chi connectivity index (χ2v) is 10.5. The minimum Gasteiger partial charge on any atom is -0.341 e. The van der Waals surface area contributed by atoms with Crippen LogP contribution < -0.4 is 4.31 Å². The van der Waals surface area contributed by atoms with E-state index < -0.39 is 10.0 Å². The first-order valence-electron chi connectivity index (χ1n) is 10.7. The third-order valence-corrected chi connectivity index (χ3v) is 7.53. The lowest BCUT2D eigenvalue weighted by molar-refractivity contribution is -0.131. The third-order valence-electron chi connectivity index (χ3n) is 5.75. The van der Waals surface area contributed by atoms with E-state index in [0.29, 0.717) is 30.6 Å². The van der Waals surface area contributed by atoms with Gasteiger partial charge in [-0.05, 0) is 61.4 Å². The van der Waals surface area contributed by atoms with E-state index in [0.717, 1.165) is 24.0 Å². The molecule has 0 radical (unpaired) electrons.